The quantitative estimate of drug-likeness (QED) is 0.671. The van der Waals surface area contributed by atoms with Crippen LogP contribution in [0.5, 0.6) is 0 Å². The first-order valence-electron chi connectivity index (χ1n) is 4.62. The van der Waals surface area contributed by atoms with Crippen LogP contribution < -0.4 is 4.72 Å². The number of hydrogen-bond acceptors (Lipinski definition) is 1. The molecule has 2 aliphatic rings. The monoisotopic (exact) mass is 193 g/mol. The molecule has 1 N–H and O–H groups in total. The molecule has 0 amide bonds. The van der Waals surface area contributed by atoms with E-state index in [-0.39, 0.29) is 0 Å². The fourth-order valence-corrected chi connectivity index (χ4v) is 3.66. The molecule has 2 nitrogen and oxygen atoms in total. The van der Waals surface area contributed by atoms with Gasteiger partial charge >= 0.3 is 0 Å². The molecule has 0 spiro atoms. The third-order valence-corrected chi connectivity index (χ3v) is 4.59. The van der Waals surface area contributed by atoms with Crippen molar-refractivity contribution in [3.05, 3.63) is 29.8 Å². The van der Waals surface area contributed by atoms with Crippen molar-refractivity contribution in [1.29, 1.82) is 0 Å². The average molecular weight is 193 g/mol. The molecule has 3 heteroatoms. The van der Waals surface area contributed by atoms with E-state index in [1.165, 1.54) is 12.0 Å². The van der Waals surface area contributed by atoms with Gasteiger partial charge in [0.25, 0.3) is 0 Å². The Morgan fingerprint density at radius 2 is 2.15 bits per heavy atom. The molecule has 3 rings (SSSR count). The van der Waals surface area contributed by atoms with Crippen LogP contribution in [-0.2, 0) is 11.0 Å². The van der Waals surface area contributed by atoms with Gasteiger partial charge in [-0.05, 0) is 24.5 Å². The predicted molar refractivity (Wildman–Crippen MR) is 54.0 cm³/mol. The second-order valence-corrected chi connectivity index (χ2v) is 5.11. The number of para-hydroxylation sites is 1. The molecule has 3 atom stereocenters. The first kappa shape index (κ1) is 7.56. The van der Waals surface area contributed by atoms with Crippen molar-refractivity contribution in [3.8, 4) is 0 Å². The molecule has 1 aromatic carbocycles. The first-order chi connectivity index (χ1) is 6.36. The SMILES string of the molecule is O=S1Nc2ccccc2[C@@H]2CC[C@@H]21. The van der Waals surface area contributed by atoms with Gasteiger partial charge in [0.1, 0.15) is 11.0 Å². The number of rotatable bonds is 0. The summed E-state index contributed by atoms with van der Waals surface area (Å²) in [6.07, 6.45) is 2.31. The summed E-state index contributed by atoms with van der Waals surface area (Å²) in [7, 11) is -0.840. The van der Waals surface area contributed by atoms with E-state index in [2.05, 4.69) is 16.9 Å². The van der Waals surface area contributed by atoms with Gasteiger partial charge in [0.15, 0.2) is 0 Å². The van der Waals surface area contributed by atoms with E-state index in [0.717, 1.165) is 12.1 Å². The Morgan fingerprint density at radius 3 is 2.92 bits per heavy atom. The summed E-state index contributed by atoms with van der Waals surface area (Å²) in [6.45, 7) is 0. The van der Waals surface area contributed by atoms with Crippen LogP contribution in [0.15, 0.2) is 24.3 Å². The number of benzene rings is 1. The van der Waals surface area contributed by atoms with Crippen LogP contribution in [0.1, 0.15) is 24.3 Å². The van der Waals surface area contributed by atoms with Gasteiger partial charge in [-0.3, -0.25) is 0 Å². The van der Waals surface area contributed by atoms with Crippen LogP contribution >= 0.6 is 0 Å². The summed E-state index contributed by atoms with van der Waals surface area (Å²) in [5, 5.41) is 0.370. The molecule has 13 heavy (non-hydrogen) atoms. The summed E-state index contributed by atoms with van der Waals surface area (Å²) < 4.78 is 14.7. The highest BCUT2D eigenvalue weighted by molar-refractivity contribution is 7.87. The summed E-state index contributed by atoms with van der Waals surface area (Å²) in [5.74, 6) is 0.554. The van der Waals surface area contributed by atoms with Crippen molar-refractivity contribution in [2.45, 2.75) is 24.0 Å². The largest absolute Gasteiger partial charge is 0.305 e. The molecule has 1 heterocycles. The fourth-order valence-electron chi connectivity index (χ4n) is 2.18. The van der Waals surface area contributed by atoms with E-state index in [9.17, 15) is 4.21 Å². The van der Waals surface area contributed by atoms with Crippen molar-refractivity contribution in [1.82, 2.24) is 0 Å². The van der Waals surface area contributed by atoms with Crippen molar-refractivity contribution in [2.24, 2.45) is 0 Å². The second kappa shape index (κ2) is 2.58. The van der Waals surface area contributed by atoms with Crippen molar-refractivity contribution in [3.63, 3.8) is 0 Å². The van der Waals surface area contributed by atoms with Crippen LogP contribution in [0, 0.1) is 0 Å². The lowest BCUT2D eigenvalue weighted by Crippen LogP contribution is -2.40. The molecule has 1 aliphatic heterocycles. The highest BCUT2D eigenvalue weighted by atomic mass is 32.2. The van der Waals surface area contributed by atoms with Crippen molar-refractivity contribution in [2.75, 3.05) is 4.72 Å². The standard InChI is InChI=1S/C10H11NOS/c12-13-10-6-5-8(10)7-3-1-2-4-9(7)11-13/h1-4,8,10-11H,5-6H2/t8-,10-,13?/m0/s1. The van der Waals surface area contributed by atoms with E-state index >= 15 is 0 Å². The Morgan fingerprint density at radius 1 is 1.31 bits per heavy atom. The number of nitrogens with one attached hydrogen (secondary N) is 1. The zero-order valence-electron chi connectivity index (χ0n) is 7.19. The maximum absolute atomic E-state index is 11.6. The molecule has 1 saturated carbocycles. The van der Waals surface area contributed by atoms with Crippen LogP contribution in [0.3, 0.4) is 0 Å². The highest BCUT2D eigenvalue weighted by Gasteiger charge is 2.41. The van der Waals surface area contributed by atoms with Crippen LogP contribution in [0.25, 0.3) is 0 Å². The summed E-state index contributed by atoms with van der Waals surface area (Å²) in [6, 6.07) is 8.21. The highest BCUT2D eigenvalue weighted by Crippen LogP contribution is 2.46. The Bertz CT molecular complexity index is 377. The van der Waals surface area contributed by atoms with Gasteiger partial charge in [-0.2, -0.15) is 0 Å². The minimum atomic E-state index is -0.840. The van der Waals surface area contributed by atoms with E-state index in [0.29, 0.717) is 11.2 Å². The summed E-state index contributed by atoms with van der Waals surface area (Å²) in [4.78, 5) is 0. The predicted octanol–water partition coefficient (Wildman–Crippen LogP) is 2.02. The van der Waals surface area contributed by atoms with E-state index < -0.39 is 11.0 Å². The lowest BCUT2D eigenvalue weighted by molar-refractivity contribution is 0.424. The lowest BCUT2D eigenvalue weighted by atomic mass is 9.78. The Labute approximate surface area is 79.9 Å². The summed E-state index contributed by atoms with van der Waals surface area (Å²) >= 11 is 0. The molecule has 0 aromatic heterocycles. The molecule has 0 bridgehead atoms. The number of hydrogen-bond donors (Lipinski definition) is 1. The fraction of sp³-hybridized carbons (Fsp3) is 0.400. The third-order valence-electron chi connectivity index (χ3n) is 3.06. The topological polar surface area (TPSA) is 29.1 Å². The molecular formula is C10H11NOS. The molecule has 1 aromatic rings. The Hall–Kier alpha value is -0.830. The van der Waals surface area contributed by atoms with Crippen molar-refractivity contribution < 1.29 is 4.21 Å². The van der Waals surface area contributed by atoms with E-state index in [1.54, 1.807) is 0 Å². The number of fused-ring (bicyclic) bond motifs is 3. The van der Waals surface area contributed by atoms with E-state index in [1.807, 2.05) is 12.1 Å². The second-order valence-electron chi connectivity index (χ2n) is 3.71. The third kappa shape index (κ3) is 0.967. The minimum Gasteiger partial charge on any atom is -0.305 e. The minimum absolute atomic E-state index is 0.370. The molecule has 1 aliphatic carbocycles. The Balaban J connectivity index is 2.12. The normalized spacial score (nSPS) is 35.2. The van der Waals surface area contributed by atoms with Gasteiger partial charge in [-0.1, -0.05) is 18.2 Å². The lowest BCUT2D eigenvalue weighted by Gasteiger charge is -2.40. The summed E-state index contributed by atoms with van der Waals surface area (Å²) in [5.41, 5.74) is 2.43. The molecule has 0 radical (unpaired) electrons. The smallest absolute Gasteiger partial charge is 0.120 e. The molecule has 1 fully saturated rings. The van der Waals surface area contributed by atoms with Gasteiger partial charge in [0, 0.05) is 11.6 Å². The van der Waals surface area contributed by atoms with Crippen LogP contribution in [0.4, 0.5) is 5.69 Å². The zero-order valence-corrected chi connectivity index (χ0v) is 8.01. The molecular weight excluding hydrogens is 182 g/mol. The van der Waals surface area contributed by atoms with Crippen molar-refractivity contribution >= 4 is 16.7 Å². The molecule has 68 valence electrons. The molecule has 0 saturated heterocycles. The maximum atomic E-state index is 11.6. The van der Waals surface area contributed by atoms with Gasteiger partial charge in [-0.25, -0.2) is 4.21 Å². The average Bonchev–Trinajstić information content (AvgIpc) is 2.04. The van der Waals surface area contributed by atoms with Gasteiger partial charge in [0.2, 0.25) is 0 Å². The van der Waals surface area contributed by atoms with Crippen LogP contribution in [-0.4, -0.2) is 9.46 Å². The zero-order chi connectivity index (χ0) is 8.84. The first-order valence-corrected chi connectivity index (χ1v) is 5.84. The van der Waals surface area contributed by atoms with Gasteiger partial charge < -0.3 is 4.72 Å². The van der Waals surface area contributed by atoms with Gasteiger partial charge in [-0.15, -0.1) is 0 Å². The van der Waals surface area contributed by atoms with E-state index in [4.69, 9.17) is 0 Å². The van der Waals surface area contributed by atoms with Gasteiger partial charge in [0.05, 0.1) is 5.25 Å². The maximum Gasteiger partial charge on any atom is 0.120 e. The number of anilines is 1. The molecule has 1 unspecified atom stereocenters. The Kier molecular flexibility index (Phi) is 1.50. The van der Waals surface area contributed by atoms with Crippen LogP contribution in [0.2, 0.25) is 0 Å².